The lowest BCUT2D eigenvalue weighted by molar-refractivity contribution is 0.0383. The number of fused-ring (bicyclic) bond motifs is 1. The number of nitrogens with one attached hydrogen (secondary N) is 1. The van der Waals surface area contributed by atoms with Crippen molar-refractivity contribution >= 4 is 50.5 Å². The summed E-state index contributed by atoms with van der Waals surface area (Å²) in [4.78, 5) is 15.1. The van der Waals surface area contributed by atoms with E-state index in [1.54, 1.807) is 6.07 Å². The van der Waals surface area contributed by atoms with Crippen LogP contribution in [0.1, 0.15) is 9.67 Å². The lowest BCUT2D eigenvalue weighted by atomic mass is 10.2. The number of amides is 1. The van der Waals surface area contributed by atoms with Gasteiger partial charge in [0.15, 0.2) is 0 Å². The van der Waals surface area contributed by atoms with Gasteiger partial charge in [0.2, 0.25) is 0 Å². The van der Waals surface area contributed by atoms with E-state index in [4.69, 9.17) is 27.9 Å². The van der Waals surface area contributed by atoms with Crippen molar-refractivity contribution in [1.29, 1.82) is 0 Å². The van der Waals surface area contributed by atoms with Crippen molar-refractivity contribution < 1.29 is 9.53 Å². The van der Waals surface area contributed by atoms with Gasteiger partial charge in [0, 0.05) is 36.3 Å². The van der Waals surface area contributed by atoms with E-state index in [0.717, 1.165) is 42.9 Å². The predicted molar refractivity (Wildman–Crippen MR) is 91.4 cm³/mol. The molecule has 1 saturated heterocycles. The molecule has 0 aliphatic carbocycles. The summed E-state index contributed by atoms with van der Waals surface area (Å²) in [5.41, 5.74) is 0. The molecule has 2 aromatic rings. The zero-order chi connectivity index (χ0) is 15.5. The molecule has 3 rings (SSSR count). The Morgan fingerprint density at radius 1 is 1.32 bits per heavy atom. The quantitative estimate of drug-likeness (QED) is 0.911. The number of halogens is 2. The predicted octanol–water partition coefficient (Wildman–Crippen LogP) is 3.27. The van der Waals surface area contributed by atoms with Crippen molar-refractivity contribution in [1.82, 2.24) is 10.2 Å². The van der Waals surface area contributed by atoms with Crippen molar-refractivity contribution in [3.05, 3.63) is 33.1 Å². The van der Waals surface area contributed by atoms with Gasteiger partial charge in [-0.15, -0.1) is 11.3 Å². The van der Waals surface area contributed by atoms with Crippen molar-refractivity contribution in [3.63, 3.8) is 0 Å². The Hall–Kier alpha value is -0.850. The minimum atomic E-state index is -0.143. The molecule has 1 N–H and O–H groups in total. The van der Waals surface area contributed by atoms with Crippen LogP contribution in [-0.2, 0) is 4.74 Å². The highest BCUT2D eigenvalue weighted by molar-refractivity contribution is 7.21. The molecule has 1 amide bonds. The standard InChI is InChI=1S/C15H16Cl2N2O2S/c16-10-2-1-3-11-12(10)13(17)14(22-11)15(20)18-4-5-19-6-8-21-9-7-19/h1-3H,4-9H2,(H,18,20). The molecule has 1 aromatic carbocycles. The van der Waals surface area contributed by atoms with Crippen molar-refractivity contribution in [2.75, 3.05) is 39.4 Å². The van der Waals surface area contributed by atoms with Crippen LogP contribution in [0.2, 0.25) is 10.0 Å². The van der Waals surface area contributed by atoms with Gasteiger partial charge in [0.05, 0.1) is 23.3 Å². The maximum absolute atomic E-state index is 12.3. The van der Waals surface area contributed by atoms with Gasteiger partial charge in [-0.1, -0.05) is 29.3 Å². The topological polar surface area (TPSA) is 41.6 Å². The molecule has 7 heteroatoms. The Balaban J connectivity index is 1.65. The summed E-state index contributed by atoms with van der Waals surface area (Å²) in [5, 5.41) is 4.70. The number of rotatable bonds is 4. The van der Waals surface area contributed by atoms with Crippen LogP contribution in [-0.4, -0.2) is 50.2 Å². The molecule has 2 heterocycles. The number of hydrogen-bond acceptors (Lipinski definition) is 4. The fraction of sp³-hybridized carbons (Fsp3) is 0.400. The maximum atomic E-state index is 12.3. The van der Waals surface area contributed by atoms with Gasteiger partial charge in [-0.2, -0.15) is 0 Å². The minimum absolute atomic E-state index is 0.143. The Labute approximate surface area is 142 Å². The molecular formula is C15H16Cl2N2O2S. The molecule has 1 aromatic heterocycles. The van der Waals surface area contributed by atoms with Crippen molar-refractivity contribution in [2.24, 2.45) is 0 Å². The first-order valence-corrected chi connectivity index (χ1v) is 8.69. The molecule has 1 aliphatic heterocycles. The van der Waals surface area contributed by atoms with E-state index < -0.39 is 0 Å². The summed E-state index contributed by atoms with van der Waals surface area (Å²) in [6.45, 7) is 4.75. The SMILES string of the molecule is O=C(NCCN1CCOCC1)c1sc2cccc(Cl)c2c1Cl. The Morgan fingerprint density at radius 3 is 2.82 bits per heavy atom. The zero-order valence-corrected chi connectivity index (χ0v) is 14.2. The highest BCUT2D eigenvalue weighted by Crippen LogP contribution is 2.39. The van der Waals surface area contributed by atoms with Crippen LogP contribution in [0, 0.1) is 0 Å². The van der Waals surface area contributed by atoms with Gasteiger partial charge >= 0.3 is 0 Å². The second kappa shape index (κ2) is 7.15. The van der Waals surface area contributed by atoms with Crippen molar-refractivity contribution in [2.45, 2.75) is 0 Å². The molecule has 22 heavy (non-hydrogen) atoms. The lowest BCUT2D eigenvalue weighted by Crippen LogP contribution is -2.41. The van der Waals surface area contributed by atoms with Gasteiger partial charge in [-0.25, -0.2) is 0 Å². The van der Waals surface area contributed by atoms with Crippen LogP contribution in [0.15, 0.2) is 18.2 Å². The van der Waals surface area contributed by atoms with Crippen LogP contribution in [0.5, 0.6) is 0 Å². The molecule has 1 aliphatic rings. The van der Waals surface area contributed by atoms with Gasteiger partial charge in [-0.3, -0.25) is 9.69 Å². The number of hydrogen-bond donors (Lipinski definition) is 1. The van der Waals surface area contributed by atoms with Gasteiger partial charge < -0.3 is 10.1 Å². The Kier molecular flexibility index (Phi) is 5.21. The summed E-state index contributed by atoms with van der Waals surface area (Å²) in [6, 6.07) is 5.56. The molecule has 0 radical (unpaired) electrons. The molecule has 0 bridgehead atoms. The Morgan fingerprint density at radius 2 is 2.09 bits per heavy atom. The molecular weight excluding hydrogens is 343 g/mol. The van der Waals surface area contributed by atoms with Crippen LogP contribution < -0.4 is 5.32 Å². The third kappa shape index (κ3) is 3.39. The van der Waals surface area contributed by atoms with E-state index in [1.807, 2.05) is 12.1 Å². The van der Waals surface area contributed by atoms with E-state index in [0.29, 0.717) is 21.5 Å². The van der Waals surface area contributed by atoms with Crippen LogP contribution >= 0.6 is 34.5 Å². The maximum Gasteiger partial charge on any atom is 0.262 e. The van der Waals surface area contributed by atoms with Crippen LogP contribution in [0.3, 0.4) is 0 Å². The summed E-state index contributed by atoms with van der Waals surface area (Å²) < 4.78 is 6.23. The first-order chi connectivity index (χ1) is 10.7. The zero-order valence-electron chi connectivity index (χ0n) is 11.9. The average molecular weight is 359 g/mol. The van der Waals surface area contributed by atoms with Gasteiger partial charge in [0.25, 0.3) is 5.91 Å². The largest absolute Gasteiger partial charge is 0.379 e. The number of carbonyl (C=O) groups excluding carboxylic acids is 1. The lowest BCUT2D eigenvalue weighted by Gasteiger charge is -2.26. The second-order valence-electron chi connectivity index (χ2n) is 5.07. The van der Waals surface area contributed by atoms with E-state index in [9.17, 15) is 4.79 Å². The number of morpholine rings is 1. The monoisotopic (exact) mass is 358 g/mol. The summed E-state index contributed by atoms with van der Waals surface area (Å²) >= 11 is 13.9. The third-order valence-electron chi connectivity index (χ3n) is 3.63. The van der Waals surface area contributed by atoms with E-state index in [-0.39, 0.29) is 5.91 Å². The molecule has 118 valence electrons. The fourth-order valence-corrected chi connectivity index (χ4v) is 4.32. The Bertz CT molecular complexity index is 683. The smallest absolute Gasteiger partial charge is 0.262 e. The molecule has 0 spiro atoms. The number of thiophene rings is 1. The summed E-state index contributed by atoms with van der Waals surface area (Å²) in [6.07, 6.45) is 0. The van der Waals surface area contributed by atoms with Gasteiger partial charge in [-0.05, 0) is 12.1 Å². The fourth-order valence-electron chi connectivity index (χ4n) is 2.45. The highest BCUT2D eigenvalue weighted by atomic mass is 35.5. The first-order valence-electron chi connectivity index (χ1n) is 7.11. The molecule has 1 fully saturated rings. The van der Waals surface area contributed by atoms with Crippen LogP contribution in [0.4, 0.5) is 0 Å². The number of benzene rings is 1. The van der Waals surface area contributed by atoms with Crippen LogP contribution in [0.25, 0.3) is 10.1 Å². The second-order valence-corrected chi connectivity index (χ2v) is 6.91. The summed E-state index contributed by atoms with van der Waals surface area (Å²) in [5.74, 6) is -0.143. The molecule has 4 nitrogen and oxygen atoms in total. The number of carbonyl (C=O) groups is 1. The third-order valence-corrected chi connectivity index (χ3v) is 5.59. The normalized spacial score (nSPS) is 16.1. The van der Waals surface area contributed by atoms with Gasteiger partial charge in [0.1, 0.15) is 4.88 Å². The summed E-state index contributed by atoms with van der Waals surface area (Å²) in [7, 11) is 0. The van der Waals surface area contributed by atoms with E-state index in [1.165, 1.54) is 11.3 Å². The average Bonchev–Trinajstić information content (AvgIpc) is 2.87. The van der Waals surface area contributed by atoms with E-state index >= 15 is 0 Å². The number of nitrogens with zero attached hydrogens (tertiary/aromatic N) is 1. The molecule has 0 saturated carbocycles. The van der Waals surface area contributed by atoms with Crippen molar-refractivity contribution in [3.8, 4) is 0 Å². The first kappa shape index (κ1) is 16.0. The van der Waals surface area contributed by atoms with E-state index in [2.05, 4.69) is 10.2 Å². The molecule has 0 atom stereocenters. The number of ether oxygens (including phenoxy) is 1. The minimum Gasteiger partial charge on any atom is -0.379 e. The highest BCUT2D eigenvalue weighted by Gasteiger charge is 2.19. The molecule has 0 unspecified atom stereocenters.